The molecule has 358 valence electrons. The Morgan fingerprint density at radius 1 is 0.403 bits per heavy atom. The van der Waals surface area contributed by atoms with Crippen LogP contribution in [0.15, 0.2) is 253 Å². The molecule has 0 spiro atoms. The highest BCUT2D eigenvalue weighted by molar-refractivity contribution is 6.90. The lowest BCUT2D eigenvalue weighted by Gasteiger charge is -2.42. The van der Waals surface area contributed by atoms with Gasteiger partial charge in [-0.05, 0) is 111 Å². The first kappa shape index (κ1) is 43.3. The van der Waals surface area contributed by atoms with Crippen molar-refractivity contribution in [3.63, 3.8) is 0 Å². The summed E-state index contributed by atoms with van der Waals surface area (Å²) in [5.74, 6) is 1.87. The van der Waals surface area contributed by atoms with Crippen molar-refractivity contribution < 1.29 is 4.42 Å². The van der Waals surface area contributed by atoms with E-state index in [1.165, 1.54) is 66.3 Å². The predicted molar refractivity (Wildman–Crippen MR) is 318 cm³/mol. The smallest absolute Gasteiger partial charge is 0.333 e. The Labute approximate surface area is 445 Å². The van der Waals surface area contributed by atoms with E-state index in [1.807, 2.05) is 36.4 Å². The maximum Gasteiger partial charge on any atom is 0.333 e. The summed E-state index contributed by atoms with van der Waals surface area (Å²) in [6.07, 6.45) is 0. The number of furan rings is 1. The molecular formula is C70H44BN5O. The second-order valence-corrected chi connectivity index (χ2v) is 20.3. The van der Waals surface area contributed by atoms with Gasteiger partial charge >= 0.3 is 6.85 Å². The second-order valence-electron chi connectivity index (χ2n) is 20.3. The van der Waals surface area contributed by atoms with Crippen molar-refractivity contribution in [2.75, 3.05) is 4.90 Å². The zero-order valence-corrected chi connectivity index (χ0v) is 41.9. The van der Waals surface area contributed by atoms with E-state index in [2.05, 4.69) is 229 Å². The average Bonchev–Trinajstić information content (AvgIpc) is 4.28. The maximum atomic E-state index is 6.98. The molecule has 2 aliphatic rings. The van der Waals surface area contributed by atoms with E-state index in [-0.39, 0.29) is 6.85 Å². The number of para-hydroxylation sites is 2. The monoisotopic (exact) mass is 981 g/mol. The number of hydrogen-bond acceptors (Lipinski definition) is 5. The molecular weight excluding hydrogens is 938 g/mol. The summed E-state index contributed by atoms with van der Waals surface area (Å²) in [6.45, 7) is 2.14. The van der Waals surface area contributed by atoms with Crippen molar-refractivity contribution in [3.8, 4) is 78.7 Å². The fourth-order valence-electron chi connectivity index (χ4n) is 12.5. The third-order valence-corrected chi connectivity index (χ3v) is 16.0. The van der Waals surface area contributed by atoms with Crippen molar-refractivity contribution in [1.29, 1.82) is 0 Å². The Balaban J connectivity index is 1.00. The molecule has 3 aromatic heterocycles. The van der Waals surface area contributed by atoms with Crippen LogP contribution in [-0.4, -0.2) is 26.3 Å². The third-order valence-electron chi connectivity index (χ3n) is 16.0. The lowest BCUT2D eigenvalue weighted by atomic mass is 9.44. The first-order valence-corrected chi connectivity index (χ1v) is 26.3. The van der Waals surface area contributed by atoms with Crippen LogP contribution < -0.4 is 15.8 Å². The first-order chi connectivity index (χ1) is 38.1. The highest BCUT2D eigenvalue weighted by Gasteiger charge is 2.45. The van der Waals surface area contributed by atoms with E-state index in [1.54, 1.807) is 0 Å². The quantitative estimate of drug-likeness (QED) is 0.149. The first-order valence-electron chi connectivity index (χ1n) is 26.3. The molecule has 0 amide bonds. The van der Waals surface area contributed by atoms with Gasteiger partial charge in [0, 0.05) is 66.5 Å². The lowest BCUT2D eigenvalue weighted by molar-refractivity contribution is 0.673. The standard InChI is InChI=1S/C70H44BN5O/c1-43-55(50-27-18-28-51(39-50)70-73-68(47-23-10-4-11-24-47)72-69(74-70)48-25-12-5-13-26-48)42-61-65-63(43)57-41-56-53-29-15-17-32-62(53)77-67(56)64-54-30-14-16-31-59(54)76(66(57)64)71(65)58-40-49(45-21-8-3-9-22-45)35-38-60(58)75(61)52-36-33-46(34-37-52)44-19-6-2-7-20-44/h2-42H,1H3. The van der Waals surface area contributed by atoms with Crippen LogP contribution in [0.3, 0.4) is 0 Å². The Morgan fingerprint density at radius 2 is 0.948 bits per heavy atom. The number of rotatable bonds is 7. The Morgan fingerprint density at radius 3 is 1.64 bits per heavy atom. The highest BCUT2D eigenvalue weighted by Crippen LogP contribution is 2.51. The van der Waals surface area contributed by atoms with Gasteiger partial charge in [0.05, 0.1) is 5.39 Å². The van der Waals surface area contributed by atoms with Gasteiger partial charge in [0.2, 0.25) is 0 Å². The maximum absolute atomic E-state index is 6.98. The van der Waals surface area contributed by atoms with E-state index in [0.29, 0.717) is 17.5 Å². The zero-order valence-electron chi connectivity index (χ0n) is 41.9. The fourth-order valence-corrected chi connectivity index (χ4v) is 12.5. The summed E-state index contributed by atoms with van der Waals surface area (Å²) in [5.41, 5.74) is 23.3. The summed E-state index contributed by atoms with van der Waals surface area (Å²) in [4.78, 5) is 17.9. The third kappa shape index (κ3) is 6.67. The van der Waals surface area contributed by atoms with Gasteiger partial charge < -0.3 is 13.8 Å². The van der Waals surface area contributed by atoms with Crippen LogP contribution in [-0.2, 0) is 0 Å². The molecule has 0 N–H and O–H groups in total. The van der Waals surface area contributed by atoms with Gasteiger partial charge in [-0.3, -0.25) is 0 Å². The Bertz CT molecular complexity index is 4630. The summed E-state index contributed by atoms with van der Waals surface area (Å²) in [7, 11) is 0. The van der Waals surface area contributed by atoms with Gasteiger partial charge in [-0.25, -0.2) is 15.0 Å². The minimum Gasteiger partial charge on any atom is -0.455 e. The van der Waals surface area contributed by atoms with Crippen LogP contribution in [0.1, 0.15) is 5.56 Å². The largest absolute Gasteiger partial charge is 0.455 e. The number of fused-ring (bicyclic) bond motifs is 11. The molecule has 16 rings (SSSR count). The normalized spacial score (nSPS) is 12.4. The SMILES string of the molecule is Cc1c(-c2cccc(-c3nc(-c4ccccc4)nc(-c4ccccc4)n3)c2)cc2c3c1-c1cc4c5ccccc5oc4c4c5ccccc5n(c14)B3c1cc(-c3ccccc3)ccc1N2c1ccc(-c2ccccc2)cc1. The van der Waals surface area contributed by atoms with Crippen molar-refractivity contribution in [3.05, 3.63) is 254 Å². The predicted octanol–water partition coefficient (Wildman–Crippen LogP) is 16.6. The Hall–Kier alpha value is -10.1. The molecule has 77 heavy (non-hydrogen) atoms. The van der Waals surface area contributed by atoms with Crippen molar-refractivity contribution in [1.82, 2.24) is 19.4 Å². The molecule has 14 aromatic rings. The molecule has 0 saturated heterocycles. The number of nitrogens with zero attached hydrogens (tertiary/aromatic N) is 5. The molecule has 0 aliphatic carbocycles. The van der Waals surface area contributed by atoms with Gasteiger partial charge in [-0.15, -0.1) is 0 Å². The topological polar surface area (TPSA) is 60.0 Å². The van der Waals surface area contributed by atoms with Crippen molar-refractivity contribution in [2.24, 2.45) is 0 Å². The zero-order chi connectivity index (χ0) is 50.7. The van der Waals surface area contributed by atoms with Crippen LogP contribution in [0.2, 0.25) is 0 Å². The molecule has 0 bridgehead atoms. The average molecular weight is 982 g/mol. The Kier molecular flexibility index (Phi) is 9.54. The van der Waals surface area contributed by atoms with Crippen molar-refractivity contribution >= 4 is 78.6 Å². The molecule has 0 unspecified atom stereocenters. The van der Waals surface area contributed by atoms with Crippen LogP contribution in [0.5, 0.6) is 0 Å². The molecule has 0 radical (unpaired) electrons. The van der Waals surface area contributed by atoms with E-state index >= 15 is 0 Å². The number of anilines is 3. The molecule has 0 fully saturated rings. The van der Waals surface area contributed by atoms with Gasteiger partial charge in [0.1, 0.15) is 11.2 Å². The van der Waals surface area contributed by atoms with Crippen LogP contribution >= 0.6 is 0 Å². The van der Waals surface area contributed by atoms with Gasteiger partial charge in [-0.1, -0.05) is 200 Å². The molecule has 11 aromatic carbocycles. The van der Waals surface area contributed by atoms with E-state index in [9.17, 15) is 0 Å². The van der Waals surface area contributed by atoms with Crippen LogP contribution in [0.25, 0.3) is 122 Å². The van der Waals surface area contributed by atoms with E-state index < -0.39 is 0 Å². The molecule has 0 saturated carbocycles. The van der Waals surface area contributed by atoms with E-state index in [0.717, 1.165) is 72.2 Å². The van der Waals surface area contributed by atoms with Gasteiger partial charge in [-0.2, -0.15) is 0 Å². The number of hydrogen-bond donors (Lipinski definition) is 0. The summed E-state index contributed by atoms with van der Waals surface area (Å²) >= 11 is 0. The van der Waals surface area contributed by atoms with Crippen LogP contribution in [0, 0.1) is 6.92 Å². The molecule has 5 heterocycles. The summed E-state index contributed by atoms with van der Waals surface area (Å²) in [5, 5.41) is 4.53. The lowest BCUT2D eigenvalue weighted by Crippen LogP contribution is -2.57. The molecule has 0 atom stereocenters. The minimum atomic E-state index is -0.188. The number of benzene rings is 11. The fraction of sp³-hybridized carbons (Fsp3) is 0.0143. The van der Waals surface area contributed by atoms with E-state index in [4.69, 9.17) is 19.4 Å². The molecule has 2 aliphatic heterocycles. The van der Waals surface area contributed by atoms with Crippen molar-refractivity contribution in [2.45, 2.75) is 6.92 Å². The van der Waals surface area contributed by atoms with Gasteiger partial charge in [0.25, 0.3) is 0 Å². The summed E-state index contributed by atoms with van der Waals surface area (Å²) < 4.78 is 9.62. The van der Waals surface area contributed by atoms with Crippen LogP contribution in [0.4, 0.5) is 17.1 Å². The highest BCUT2D eigenvalue weighted by atomic mass is 16.3. The summed E-state index contributed by atoms with van der Waals surface area (Å²) in [6, 6.07) is 89.1. The second kappa shape index (κ2) is 17.0. The van der Waals surface area contributed by atoms with Gasteiger partial charge in [0.15, 0.2) is 17.5 Å². The molecule has 6 nitrogen and oxygen atoms in total. The number of aromatic nitrogens is 4. The minimum absolute atomic E-state index is 0.188. The molecule has 7 heteroatoms.